The van der Waals surface area contributed by atoms with Crippen molar-refractivity contribution < 1.29 is 17.9 Å². The van der Waals surface area contributed by atoms with E-state index in [1.54, 1.807) is 61.7 Å². The van der Waals surface area contributed by atoms with Crippen molar-refractivity contribution in [1.29, 1.82) is 5.41 Å². The van der Waals surface area contributed by atoms with Crippen molar-refractivity contribution in [3.63, 3.8) is 0 Å². The van der Waals surface area contributed by atoms with Gasteiger partial charge in [-0.25, -0.2) is 8.42 Å². The molecular weight excluding hydrogens is 540 g/mol. The lowest BCUT2D eigenvalue weighted by Gasteiger charge is -2.24. The van der Waals surface area contributed by atoms with E-state index in [2.05, 4.69) is 10.3 Å². The Morgan fingerprint density at radius 3 is 2.54 bits per heavy atom. The van der Waals surface area contributed by atoms with E-state index >= 15 is 0 Å². The molecule has 5 rings (SSSR count). The molecule has 210 valence electrons. The fourth-order valence-electron chi connectivity index (χ4n) is 4.72. The smallest absolute Gasteiger partial charge is 0.326 e. The number of nitrogens with zero attached hydrogens (tertiary/aromatic N) is 3. The van der Waals surface area contributed by atoms with Crippen LogP contribution in [0.5, 0.6) is 0 Å². The summed E-state index contributed by atoms with van der Waals surface area (Å²) in [5.41, 5.74) is 9.59. The molecule has 41 heavy (non-hydrogen) atoms. The van der Waals surface area contributed by atoms with E-state index < -0.39 is 22.5 Å². The molecule has 2 aromatic heterocycles. The fraction of sp³-hybridized carbons (Fsp3) is 0.167. The summed E-state index contributed by atoms with van der Waals surface area (Å²) in [5.74, 6) is -0.644. The van der Waals surface area contributed by atoms with Crippen molar-refractivity contribution >= 4 is 55.0 Å². The first-order valence-corrected chi connectivity index (χ1v) is 14.4. The average Bonchev–Trinajstić information content (AvgIpc) is 3.29. The molecule has 3 aromatic carbocycles. The number of nitrogens with two attached hydrogens (primary N) is 1. The van der Waals surface area contributed by atoms with E-state index in [1.807, 2.05) is 35.9 Å². The Balaban J connectivity index is 1.50. The molecule has 0 fully saturated rings. The highest BCUT2D eigenvalue weighted by Gasteiger charge is 2.30. The third-order valence-electron chi connectivity index (χ3n) is 6.82. The number of carbonyl (C=O) groups is 1. The highest BCUT2D eigenvalue weighted by molar-refractivity contribution is 7.93. The predicted octanol–water partition coefficient (Wildman–Crippen LogP) is 4.38. The minimum absolute atomic E-state index is 0.00809. The van der Waals surface area contributed by atoms with Gasteiger partial charge in [0.25, 0.3) is 10.0 Å². The number of pyridine rings is 1. The fourth-order valence-corrected chi connectivity index (χ4v) is 6.29. The van der Waals surface area contributed by atoms with E-state index in [0.717, 1.165) is 26.6 Å². The molecular formula is C30H30N6O4S. The molecule has 0 unspecified atom stereocenters. The second kappa shape index (κ2) is 11.3. The van der Waals surface area contributed by atoms with Gasteiger partial charge in [0.1, 0.15) is 17.3 Å². The highest BCUT2D eigenvalue weighted by atomic mass is 32.2. The van der Waals surface area contributed by atoms with E-state index in [9.17, 15) is 13.2 Å². The number of esters is 1. The molecule has 0 aliphatic heterocycles. The summed E-state index contributed by atoms with van der Waals surface area (Å²) >= 11 is 0. The van der Waals surface area contributed by atoms with E-state index in [1.165, 1.54) is 6.07 Å². The summed E-state index contributed by atoms with van der Waals surface area (Å²) < 4.78 is 36.4. The summed E-state index contributed by atoms with van der Waals surface area (Å²) in [6, 6.07) is 23.0. The molecule has 0 bridgehead atoms. The van der Waals surface area contributed by atoms with Crippen LogP contribution in [0, 0.1) is 5.41 Å². The molecule has 2 heterocycles. The number of hydrogen-bond acceptors (Lipinski definition) is 7. The van der Waals surface area contributed by atoms with E-state index in [4.69, 9.17) is 15.9 Å². The largest absolute Gasteiger partial charge is 0.465 e. The molecule has 0 aliphatic carbocycles. The summed E-state index contributed by atoms with van der Waals surface area (Å²) in [7, 11) is -2.26. The molecule has 4 N–H and O–H groups in total. The normalized spacial score (nSPS) is 11.5. The Morgan fingerprint density at radius 1 is 1.05 bits per heavy atom. The maximum absolute atomic E-state index is 14.1. The number of aryl methyl sites for hydroxylation is 1. The molecule has 0 saturated heterocycles. The van der Waals surface area contributed by atoms with Crippen molar-refractivity contribution in [2.75, 3.05) is 22.8 Å². The van der Waals surface area contributed by atoms with Crippen molar-refractivity contribution in [3.8, 4) is 0 Å². The molecule has 0 saturated carbocycles. The Bertz CT molecular complexity index is 1860. The predicted molar refractivity (Wildman–Crippen MR) is 161 cm³/mol. The maximum Gasteiger partial charge on any atom is 0.326 e. The SMILES string of the molecule is CCOC(=O)CN(c1ccc2c(c1)cc(CNc1ccc(C(=N)N)cc1)n2C)S(=O)(=O)c1cccc2cccnc12. The van der Waals surface area contributed by atoms with Crippen LogP contribution in [0.3, 0.4) is 0 Å². The highest BCUT2D eigenvalue weighted by Crippen LogP contribution is 2.31. The van der Waals surface area contributed by atoms with Gasteiger partial charge >= 0.3 is 5.97 Å². The molecule has 0 atom stereocenters. The average molecular weight is 571 g/mol. The van der Waals surface area contributed by atoms with Crippen LogP contribution in [0.2, 0.25) is 0 Å². The lowest BCUT2D eigenvalue weighted by Crippen LogP contribution is -2.36. The first-order valence-electron chi connectivity index (χ1n) is 13.0. The number of amidine groups is 1. The van der Waals surface area contributed by atoms with Crippen LogP contribution in [-0.2, 0) is 33.1 Å². The van der Waals surface area contributed by atoms with Gasteiger partial charge in [0.15, 0.2) is 0 Å². The number of para-hydroxylation sites is 1. The summed E-state index contributed by atoms with van der Waals surface area (Å²) in [6.45, 7) is 1.83. The summed E-state index contributed by atoms with van der Waals surface area (Å²) in [5, 5.41) is 12.4. The second-order valence-corrected chi connectivity index (χ2v) is 11.3. The molecule has 0 radical (unpaired) electrons. The maximum atomic E-state index is 14.1. The van der Waals surface area contributed by atoms with Gasteiger partial charge in [-0.3, -0.25) is 19.5 Å². The zero-order valence-electron chi connectivity index (χ0n) is 22.7. The van der Waals surface area contributed by atoms with Gasteiger partial charge in [-0.05, 0) is 67.6 Å². The van der Waals surface area contributed by atoms with Crippen LogP contribution >= 0.6 is 0 Å². The van der Waals surface area contributed by atoms with Crippen LogP contribution in [0.25, 0.3) is 21.8 Å². The Labute approximate surface area is 237 Å². The quantitative estimate of drug-likeness (QED) is 0.128. The van der Waals surface area contributed by atoms with Crippen LogP contribution in [0.15, 0.2) is 90.0 Å². The Kier molecular flexibility index (Phi) is 7.62. The molecule has 5 aromatic rings. The van der Waals surface area contributed by atoms with Crippen LogP contribution in [0.1, 0.15) is 18.2 Å². The van der Waals surface area contributed by atoms with Crippen molar-refractivity contribution in [2.45, 2.75) is 18.4 Å². The third kappa shape index (κ3) is 5.57. The Hall–Kier alpha value is -4.90. The molecule has 11 heteroatoms. The number of rotatable bonds is 10. The van der Waals surface area contributed by atoms with Gasteiger partial charge in [0.05, 0.1) is 24.4 Å². The molecule has 0 aliphatic rings. The number of carbonyl (C=O) groups excluding carboxylic acids is 1. The number of fused-ring (bicyclic) bond motifs is 2. The van der Waals surface area contributed by atoms with Crippen LogP contribution in [0.4, 0.5) is 11.4 Å². The molecule has 10 nitrogen and oxygen atoms in total. The molecule has 0 amide bonds. The lowest BCUT2D eigenvalue weighted by atomic mass is 10.2. The zero-order chi connectivity index (χ0) is 29.1. The van der Waals surface area contributed by atoms with Crippen molar-refractivity contribution in [2.24, 2.45) is 12.8 Å². The van der Waals surface area contributed by atoms with E-state index in [-0.39, 0.29) is 17.3 Å². The standard InChI is InChI=1S/C30H30N6O4S/c1-3-40-28(37)19-36(41(38,39)27-8-4-6-20-7-5-15-33-29(20)27)24-13-14-26-22(16-24)17-25(35(26)2)18-34-23-11-9-21(10-12-23)30(31)32/h4-17,34H,3,18-19H2,1-2H3,(H3,31,32). The second-order valence-electron chi connectivity index (χ2n) is 9.43. The van der Waals surface area contributed by atoms with Crippen LogP contribution in [-0.4, -0.2) is 42.9 Å². The Morgan fingerprint density at radius 2 is 1.80 bits per heavy atom. The topological polar surface area (TPSA) is 143 Å². The van der Waals surface area contributed by atoms with Gasteiger partial charge in [0.2, 0.25) is 0 Å². The minimum Gasteiger partial charge on any atom is -0.465 e. The number of nitrogen functional groups attached to an aromatic ring is 1. The lowest BCUT2D eigenvalue weighted by molar-refractivity contribution is -0.141. The van der Waals surface area contributed by atoms with Crippen molar-refractivity contribution in [1.82, 2.24) is 9.55 Å². The number of aromatic nitrogens is 2. The zero-order valence-corrected chi connectivity index (χ0v) is 23.5. The number of benzene rings is 3. The number of anilines is 2. The van der Waals surface area contributed by atoms with Gasteiger partial charge in [0, 0.05) is 46.5 Å². The summed E-state index contributed by atoms with van der Waals surface area (Å²) in [4.78, 5) is 16.9. The van der Waals surface area contributed by atoms with Gasteiger partial charge in [-0.15, -0.1) is 0 Å². The van der Waals surface area contributed by atoms with Crippen molar-refractivity contribution in [3.05, 3.63) is 96.3 Å². The van der Waals surface area contributed by atoms with E-state index in [0.29, 0.717) is 28.7 Å². The minimum atomic E-state index is -4.20. The van der Waals surface area contributed by atoms with Gasteiger partial charge < -0.3 is 20.4 Å². The first kappa shape index (κ1) is 27.7. The number of nitrogens with one attached hydrogen (secondary N) is 2. The van der Waals surface area contributed by atoms with Gasteiger partial charge in [-0.2, -0.15) is 0 Å². The van der Waals surface area contributed by atoms with Gasteiger partial charge in [-0.1, -0.05) is 18.2 Å². The number of hydrogen-bond donors (Lipinski definition) is 3. The number of ether oxygens (including phenoxy) is 1. The monoisotopic (exact) mass is 570 g/mol. The summed E-state index contributed by atoms with van der Waals surface area (Å²) in [6.07, 6.45) is 1.54. The molecule has 0 spiro atoms. The van der Waals surface area contributed by atoms with Crippen LogP contribution < -0.4 is 15.4 Å². The third-order valence-corrected chi connectivity index (χ3v) is 8.63. The first-order chi connectivity index (χ1) is 19.7. The number of sulfonamides is 1.